The Bertz CT molecular complexity index is 404. The van der Waals surface area contributed by atoms with E-state index in [4.69, 9.17) is 9.84 Å². The van der Waals surface area contributed by atoms with Gasteiger partial charge in [0.15, 0.2) is 0 Å². The molecule has 19 heavy (non-hydrogen) atoms. The van der Waals surface area contributed by atoms with E-state index in [0.717, 1.165) is 11.3 Å². The van der Waals surface area contributed by atoms with Crippen molar-refractivity contribution in [1.29, 1.82) is 0 Å². The van der Waals surface area contributed by atoms with E-state index in [2.05, 4.69) is 5.32 Å². The molecule has 0 aliphatic carbocycles. The first-order valence-electron chi connectivity index (χ1n) is 6.63. The van der Waals surface area contributed by atoms with Crippen molar-refractivity contribution in [1.82, 2.24) is 5.32 Å². The number of benzene rings is 1. The van der Waals surface area contributed by atoms with E-state index >= 15 is 0 Å². The maximum absolute atomic E-state index is 11.7. The van der Waals surface area contributed by atoms with Gasteiger partial charge in [0, 0.05) is 0 Å². The average Bonchev–Trinajstić information content (AvgIpc) is 2.38. The van der Waals surface area contributed by atoms with Crippen molar-refractivity contribution in [3.63, 3.8) is 0 Å². The quantitative estimate of drug-likeness (QED) is 0.791. The summed E-state index contributed by atoms with van der Waals surface area (Å²) in [6.07, 6.45) is 0.289. The molecule has 0 saturated heterocycles. The van der Waals surface area contributed by atoms with Gasteiger partial charge < -0.3 is 15.2 Å². The molecule has 1 amide bonds. The van der Waals surface area contributed by atoms with Crippen molar-refractivity contribution in [3.8, 4) is 5.75 Å². The van der Waals surface area contributed by atoms with Gasteiger partial charge in [0.2, 0.25) is 5.91 Å². The highest BCUT2D eigenvalue weighted by molar-refractivity contribution is 5.76. The number of amides is 1. The summed E-state index contributed by atoms with van der Waals surface area (Å²) in [4.78, 5) is 11.7. The van der Waals surface area contributed by atoms with Gasteiger partial charge in [-0.2, -0.15) is 0 Å². The molecule has 0 aliphatic rings. The fourth-order valence-corrected chi connectivity index (χ4v) is 1.67. The van der Waals surface area contributed by atoms with Crippen LogP contribution in [0.4, 0.5) is 0 Å². The van der Waals surface area contributed by atoms with Crippen LogP contribution in [0.15, 0.2) is 24.3 Å². The van der Waals surface area contributed by atoms with Crippen LogP contribution in [0.5, 0.6) is 5.75 Å². The minimum absolute atomic E-state index is 0.0396. The number of hydrogen-bond donors (Lipinski definition) is 2. The number of ether oxygens (including phenoxy) is 1. The van der Waals surface area contributed by atoms with Gasteiger partial charge in [-0.25, -0.2) is 0 Å². The normalized spacial score (nSPS) is 12.3. The van der Waals surface area contributed by atoms with Crippen LogP contribution in [-0.2, 0) is 4.79 Å². The number of carbonyl (C=O) groups excluding carboxylic acids is 1. The monoisotopic (exact) mass is 265 g/mol. The van der Waals surface area contributed by atoms with E-state index in [1.807, 2.05) is 45.0 Å². The van der Waals surface area contributed by atoms with Gasteiger partial charge >= 0.3 is 0 Å². The molecule has 4 nitrogen and oxygen atoms in total. The molecule has 0 heterocycles. The van der Waals surface area contributed by atoms with Crippen LogP contribution in [0, 0.1) is 12.8 Å². The fourth-order valence-electron chi connectivity index (χ4n) is 1.67. The van der Waals surface area contributed by atoms with Crippen LogP contribution in [0.3, 0.4) is 0 Å². The first-order valence-corrected chi connectivity index (χ1v) is 6.63. The van der Waals surface area contributed by atoms with E-state index in [1.54, 1.807) is 0 Å². The summed E-state index contributed by atoms with van der Waals surface area (Å²) in [7, 11) is 0. The minimum atomic E-state index is -0.189. The molecule has 0 aromatic heterocycles. The maximum Gasteiger partial charge on any atom is 0.223 e. The van der Waals surface area contributed by atoms with E-state index in [1.165, 1.54) is 0 Å². The smallest absolute Gasteiger partial charge is 0.223 e. The van der Waals surface area contributed by atoms with Gasteiger partial charge in [0.1, 0.15) is 5.75 Å². The van der Waals surface area contributed by atoms with Gasteiger partial charge in [0.25, 0.3) is 0 Å². The first-order chi connectivity index (χ1) is 9.04. The largest absolute Gasteiger partial charge is 0.493 e. The average molecular weight is 265 g/mol. The van der Waals surface area contributed by atoms with Crippen LogP contribution in [0.1, 0.15) is 25.8 Å². The number of carbonyl (C=O) groups is 1. The van der Waals surface area contributed by atoms with Crippen LogP contribution in [0.25, 0.3) is 0 Å². The van der Waals surface area contributed by atoms with Crippen LogP contribution < -0.4 is 10.1 Å². The fraction of sp³-hybridized carbons (Fsp3) is 0.533. The first kappa shape index (κ1) is 15.5. The molecule has 0 fully saturated rings. The number of aliphatic hydroxyl groups is 1. The van der Waals surface area contributed by atoms with E-state index in [-0.39, 0.29) is 30.9 Å². The lowest BCUT2D eigenvalue weighted by Crippen LogP contribution is -2.41. The summed E-state index contributed by atoms with van der Waals surface area (Å²) < 4.78 is 5.56. The highest BCUT2D eigenvalue weighted by Gasteiger charge is 2.14. The van der Waals surface area contributed by atoms with Crippen molar-refractivity contribution in [3.05, 3.63) is 29.8 Å². The molecule has 1 aromatic rings. The summed E-state index contributed by atoms with van der Waals surface area (Å²) in [6, 6.07) is 7.52. The zero-order chi connectivity index (χ0) is 14.3. The summed E-state index contributed by atoms with van der Waals surface area (Å²) >= 11 is 0. The molecule has 0 radical (unpaired) electrons. The molecule has 0 spiro atoms. The van der Waals surface area contributed by atoms with Crippen molar-refractivity contribution in [2.75, 3.05) is 13.2 Å². The highest BCUT2D eigenvalue weighted by atomic mass is 16.5. The zero-order valence-corrected chi connectivity index (χ0v) is 11.8. The molecule has 4 heteroatoms. The molecule has 0 aliphatic heterocycles. The number of nitrogens with one attached hydrogen (secondary N) is 1. The SMILES string of the molecule is Cc1ccccc1OCCC(=O)NC(CO)C(C)C. The van der Waals surface area contributed by atoms with Crippen LogP contribution in [0.2, 0.25) is 0 Å². The molecule has 2 N–H and O–H groups in total. The lowest BCUT2D eigenvalue weighted by atomic mass is 10.1. The second kappa shape index (κ2) is 7.79. The van der Waals surface area contributed by atoms with Gasteiger partial charge in [-0.1, -0.05) is 32.0 Å². The topological polar surface area (TPSA) is 58.6 Å². The maximum atomic E-state index is 11.7. The van der Waals surface area contributed by atoms with Crippen molar-refractivity contribution in [2.24, 2.45) is 5.92 Å². The second-order valence-corrected chi connectivity index (χ2v) is 4.96. The Balaban J connectivity index is 2.33. The van der Waals surface area contributed by atoms with Gasteiger partial charge in [-0.05, 0) is 24.5 Å². The third-order valence-corrected chi connectivity index (χ3v) is 3.03. The predicted octanol–water partition coefficient (Wildman–Crippen LogP) is 1.90. The zero-order valence-electron chi connectivity index (χ0n) is 11.8. The van der Waals surface area contributed by atoms with Gasteiger partial charge in [-0.15, -0.1) is 0 Å². The Morgan fingerprint density at radius 2 is 2.05 bits per heavy atom. The van der Waals surface area contributed by atoms with Crippen LogP contribution in [-0.4, -0.2) is 30.3 Å². The molecule has 1 rings (SSSR count). The summed E-state index contributed by atoms with van der Waals surface area (Å²) in [5.74, 6) is 0.922. The lowest BCUT2D eigenvalue weighted by molar-refractivity contribution is -0.122. The van der Waals surface area contributed by atoms with Gasteiger partial charge in [0.05, 0.1) is 25.7 Å². The Morgan fingerprint density at radius 1 is 1.37 bits per heavy atom. The molecular weight excluding hydrogens is 242 g/mol. The van der Waals surface area contributed by atoms with E-state index in [9.17, 15) is 4.79 Å². The highest BCUT2D eigenvalue weighted by Crippen LogP contribution is 2.16. The third-order valence-electron chi connectivity index (χ3n) is 3.03. The number of aliphatic hydroxyl groups excluding tert-OH is 1. The second-order valence-electron chi connectivity index (χ2n) is 4.96. The Labute approximate surface area is 114 Å². The molecule has 0 bridgehead atoms. The summed E-state index contributed by atoms with van der Waals surface area (Å²) in [5, 5.41) is 11.9. The predicted molar refractivity (Wildman–Crippen MR) is 75.1 cm³/mol. The third kappa shape index (κ3) is 5.30. The van der Waals surface area contributed by atoms with Crippen molar-refractivity contribution in [2.45, 2.75) is 33.2 Å². The standard InChI is InChI=1S/C15H23NO3/c1-11(2)13(10-17)16-15(18)8-9-19-14-7-5-4-6-12(14)3/h4-7,11,13,17H,8-10H2,1-3H3,(H,16,18). The van der Waals surface area contributed by atoms with Crippen LogP contribution >= 0.6 is 0 Å². The molecule has 106 valence electrons. The Morgan fingerprint density at radius 3 is 2.63 bits per heavy atom. The molecular formula is C15H23NO3. The lowest BCUT2D eigenvalue weighted by Gasteiger charge is -2.19. The molecule has 0 saturated carbocycles. The van der Waals surface area contributed by atoms with Crippen molar-refractivity contribution < 1.29 is 14.6 Å². The molecule has 1 atom stereocenters. The number of hydrogen-bond acceptors (Lipinski definition) is 3. The Hall–Kier alpha value is -1.55. The van der Waals surface area contributed by atoms with Crippen molar-refractivity contribution >= 4 is 5.91 Å². The summed E-state index contributed by atoms with van der Waals surface area (Å²) in [5.41, 5.74) is 1.05. The summed E-state index contributed by atoms with van der Waals surface area (Å²) in [6.45, 7) is 6.20. The Kier molecular flexibility index (Phi) is 6.36. The van der Waals surface area contributed by atoms with E-state index in [0.29, 0.717) is 6.61 Å². The molecule has 1 unspecified atom stereocenters. The molecule has 1 aromatic carbocycles. The van der Waals surface area contributed by atoms with E-state index < -0.39 is 0 Å². The number of aryl methyl sites for hydroxylation is 1. The number of rotatable bonds is 7. The minimum Gasteiger partial charge on any atom is -0.493 e. The number of para-hydroxylation sites is 1. The van der Waals surface area contributed by atoms with Gasteiger partial charge in [-0.3, -0.25) is 4.79 Å².